The monoisotopic (exact) mass is 289 g/mol. The van der Waals surface area contributed by atoms with Gasteiger partial charge in [0.15, 0.2) is 0 Å². The van der Waals surface area contributed by atoms with Gasteiger partial charge in [0.05, 0.1) is 12.6 Å². The van der Waals surface area contributed by atoms with Gasteiger partial charge in [-0.15, -0.1) is 0 Å². The van der Waals surface area contributed by atoms with Crippen molar-refractivity contribution in [2.24, 2.45) is 5.73 Å². The van der Waals surface area contributed by atoms with Crippen molar-refractivity contribution in [2.45, 2.75) is 26.3 Å². The van der Waals surface area contributed by atoms with Crippen LogP contribution in [0.25, 0.3) is 0 Å². The van der Waals surface area contributed by atoms with E-state index in [1.165, 1.54) is 0 Å². The molecule has 0 amide bonds. The third kappa shape index (κ3) is 3.33. The first kappa shape index (κ1) is 14.9. The van der Waals surface area contributed by atoms with E-state index in [1.807, 2.05) is 49.4 Å². The van der Waals surface area contributed by atoms with Crippen molar-refractivity contribution in [1.82, 2.24) is 0 Å². The lowest BCUT2D eigenvalue weighted by atomic mass is 9.95. The minimum Gasteiger partial charge on any atom is -0.493 e. The Bertz CT molecular complexity index is 583. The molecule has 2 N–H and O–H groups in total. The number of hydrogen-bond donors (Lipinski definition) is 1. The molecule has 2 aromatic carbocycles. The first-order valence-electron chi connectivity index (χ1n) is 6.86. The highest BCUT2D eigenvalue weighted by Crippen LogP contribution is 2.31. The zero-order valence-electron chi connectivity index (χ0n) is 11.9. The van der Waals surface area contributed by atoms with Gasteiger partial charge in [0.2, 0.25) is 0 Å². The quantitative estimate of drug-likeness (QED) is 0.880. The van der Waals surface area contributed by atoms with E-state index < -0.39 is 0 Å². The van der Waals surface area contributed by atoms with Crippen molar-refractivity contribution in [3.05, 3.63) is 64.2 Å². The Morgan fingerprint density at radius 3 is 2.65 bits per heavy atom. The molecule has 0 heterocycles. The van der Waals surface area contributed by atoms with Crippen LogP contribution in [-0.4, -0.2) is 6.61 Å². The lowest BCUT2D eigenvalue weighted by Gasteiger charge is -2.19. The fourth-order valence-electron chi connectivity index (χ4n) is 2.19. The Hall–Kier alpha value is -1.51. The molecule has 1 unspecified atom stereocenters. The van der Waals surface area contributed by atoms with Gasteiger partial charge >= 0.3 is 0 Å². The third-order valence-electron chi connectivity index (χ3n) is 3.29. The Kier molecular flexibility index (Phi) is 5.05. The number of nitrogens with two attached hydrogens (primary N) is 1. The average molecular weight is 290 g/mol. The summed E-state index contributed by atoms with van der Waals surface area (Å²) in [5.74, 6) is 0.848. The predicted octanol–water partition coefficient (Wildman–Crippen LogP) is 4.49. The van der Waals surface area contributed by atoms with Crippen molar-refractivity contribution >= 4 is 11.6 Å². The molecule has 0 radical (unpaired) electrons. The van der Waals surface area contributed by atoms with Crippen molar-refractivity contribution in [2.75, 3.05) is 6.61 Å². The van der Waals surface area contributed by atoms with Crippen LogP contribution < -0.4 is 10.5 Å². The van der Waals surface area contributed by atoms with Crippen molar-refractivity contribution in [3.63, 3.8) is 0 Å². The van der Waals surface area contributed by atoms with E-state index in [2.05, 4.69) is 6.92 Å². The molecule has 2 aromatic rings. The normalized spacial score (nSPS) is 12.2. The second-order valence-electron chi connectivity index (χ2n) is 4.86. The number of hydrogen-bond acceptors (Lipinski definition) is 2. The number of benzene rings is 2. The zero-order valence-corrected chi connectivity index (χ0v) is 12.7. The summed E-state index contributed by atoms with van der Waals surface area (Å²) in [6.07, 6.45) is 0.972. The van der Waals surface area contributed by atoms with Crippen LogP contribution in [0.1, 0.15) is 36.1 Å². The van der Waals surface area contributed by atoms with E-state index in [0.29, 0.717) is 11.6 Å². The number of aryl methyl sites for hydroxylation is 1. The van der Waals surface area contributed by atoms with Gasteiger partial charge in [-0.05, 0) is 42.7 Å². The molecular formula is C17H20ClNO. The Morgan fingerprint density at radius 2 is 1.90 bits per heavy atom. The SMILES string of the molecule is CCCOc1ccccc1C(N)c1cc(Cl)ccc1C. The largest absolute Gasteiger partial charge is 0.493 e. The molecular weight excluding hydrogens is 270 g/mol. The minimum atomic E-state index is -0.234. The molecule has 106 valence electrons. The molecule has 2 rings (SSSR count). The fourth-order valence-corrected chi connectivity index (χ4v) is 2.38. The summed E-state index contributed by atoms with van der Waals surface area (Å²) in [6.45, 7) is 4.82. The lowest BCUT2D eigenvalue weighted by molar-refractivity contribution is 0.313. The fraction of sp³-hybridized carbons (Fsp3) is 0.294. The van der Waals surface area contributed by atoms with E-state index >= 15 is 0 Å². The number of para-hydroxylation sites is 1. The first-order chi connectivity index (χ1) is 9.63. The second-order valence-corrected chi connectivity index (χ2v) is 5.30. The minimum absolute atomic E-state index is 0.234. The van der Waals surface area contributed by atoms with E-state index in [9.17, 15) is 0 Å². The smallest absolute Gasteiger partial charge is 0.124 e. The Balaban J connectivity index is 2.37. The second kappa shape index (κ2) is 6.78. The molecule has 0 spiro atoms. The van der Waals surface area contributed by atoms with Crippen LogP contribution >= 0.6 is 11.6 Å². The summed E-state index contributed by atoms with van der Waals surface area (Å²) >= 11 is 6.08. The Labute approximate surface area is 125 Å². The zero-order chi connectivity index (χ0) is 14.5. The molecule has 2 nitrogen and oxygen atoms in total. The van der Waals surface area contributed by atoms with E-state index in [-0.39, 0.29) is 6.04 Å². The molecule has 0 aliphatic carbocycles. The van der Waals surface area contributed by atoms with Gasteiger partial charge in [0.25, 0.3) is 0 Å². The molecule has 0 saturated carbocycles. The maximum atomic E-state index is 6.42. The highest BCUT2D eigenvalue weighted by atomic mass is 35.5. The van der Waals surface area contributed by atoms with Gasteiger partial charge in [0.1, 0.15) is 5.75 Å². The van der Waals surface area contributed by atoms with Crippen molar-refractivity contribution in [1.29, 1.82) is 0 Å². The summed E-state index contributed by atoms with van der Waals surface area (Å²) in [5.41, 5.74) is 9.58. The highest BCUT2D eigenvalue weighted by molar-refractivity contribution is 6.30. The summed E-state index contributed by atoms with van der Waals surface area (Å²) in [7, 11) is 0. The van der Waals surface area contributed by atoms with Crippen LogP contribution in [0, 0.1) is 6.92 Å². The van der Waals surface area contributed by atoms with E-state index in [1.54, 1.807) is 0 Å². The summed E-state index contributed by atoms with van der Waals surface area (Å²) in [5, 5.41) is 0.702. The maximum Gasteiger partial charge on any atom is 0.124 e. The molecule has 0 aliphatic heterocycles. The number of ether oxygens (including phenoxy) is 1. The number of rotatable bonds is 5. The van der Waals surface area contributed by atoms with E-state index in [0.717, 1.165) is 28.9 Å². The molecule has 3 heteroatoms. The summed E-state index contributed by atoms with van der Waals surface area (Å²) < 4.78 is 5.79. The standard InChI is InChI=1S/C17H20ClNO/c1-3-10-20-16-7-5-4-6-14(16)17(19)15-11-13(18)9-8-12(15)2/h4-9,11,17H,3,10,19H2,1-2H3. The molecule has 0 aromatic heterocycles. The van der Waals surface area contributed by atoms with Crippen LogP contribution in [0.3, 0.4) is 0 Å². The van der Waals surface area contributed by atoms with Crippen molar-refractivity contribution in [3.8, 4) is 5.75 Å². The van der Waals surface area contributed by atoms with Crippen LogP contribution in [0.2, 0.25) is 5.02 Å². The predicted molar refractivity (Wildman–Crippen MR) is 84.4 cm³/mol. The molecule has 0 aliphatic rings. The topological polar surface area (TPSA) is 35.2 Å². The third-order valence-corrected chi connectivity index (χ3v) is 3.53. The van der Waals surface area contributed by atoms with Gasteiger partial charge in [0, 0.05) is 10.6 Å². The van der Waals surface area contributed by atoms with Crippen LogP contribution in [0.5, 0.6) is 5.75 Å². The van der Waals surface area contributed by atoms with Crippen LogP contribution in [0.4, 0.5) is 0 Å². The van der Waals surface area contributed by atoms with E-state index in [4.69, 9.17) is 22.1 Å². The number of halogens is 1. The van der Waals surface area contributed by atoms with Crippen LogP contribution in [-0.2, 0) is 0 Å². The summed E-state index contributed by atoms with van der Waals surface area (Å²) in [4.78, 5) is 0. The molecule has 0 bridgehead atoms. The highest BCUT2D eigenvalue weighted by Gasteiger charge is 2.16. The molecule has 0 saturated heterocycles. The molecule has 0 fully saturated rings. The lowest BCUT2D eigenvalue weighted by Crippen LogP contribution is -2.15. The molecule has 20 heavy (non-hydrogen) atoms. The summed E-state index contributed by atoms with van der Waals surface area (Å²) in [6, 6.07) is 13.5. The first-order valence-corrected chi connectivity index (χ1v) is 7.24. The Morgan fingerprint density at radius 1 is 1.15 bits per heavy atom. The van der Waals surface area contributed by atoms with Gasteiger partial charge < -0.3 is 10.5 Å². The van der Waals surface area contributed by atoms with Gasteiger partial charge in [-0.1, -0.05) is 42.8 Å². The average Bonchev–Trinajstić information content (AvgIpc) is 2.47. The maximum absolute atomic E-state index is 6.42. The van der Waals surface area contributed by atoms with Gasteiger partial charge in [-0.2, -0.15) is 0 Å². The van der Waals surface area contributed by atoms with Gasteiger partial charge in [-0.25, -0.2) is 0 Å². The van der Waals surface area contributed by atoms with Crippen LogP contribution in [0.15, 0.2) is 42.5 Å². The van der Waals surface area contributed by atoms with Gasteiger partial charge in [-0.3, -0.25) is 0 Å². The molecule has 1 atom stereocenters. The van der Waals surface area contributed by atoms with Crippen molar-refractivity contribution < 1.29 is 4.74 Å².